The number of hydrogen-bond donors (Lipinski definition) is 0. The standard InChI is InChI=1S/C26H25F2N5O3S/c1-3-35-25(34)12-36-26(14-32-16-30-15-31-32,22-9-8-21(27)10-23(22)28)18(2)33-17-37-13-24(33)20-6-4-19(11-29)5-7-20/h4-10,13,15-16,18H,3,12,14,17H2,1-2H3/t18-,26+/m0/s1. The third kappa shape index (κ3) is 5.65. The normalized spacial score (nSPS) is 15.5. The maximum absolute atomic E-state index is 15.4. The molecule has 1 aromatic heterocycles. The predicted octanol–water partition coefficient (Wildman–Crippen LogP) is 4.30. The van der Waals surface area contributed by atoms with Crippen LogP contribution in [-0.4, -0.2) is 50.8 Å². The van der Waals surface area contributed by atoms with Crippen LogP contribution in [0.4, 0.5) is 8.78 Å². The molecule has 2 atom stereocenters. The van der Waals surface area contributed by atoms with Gasteiger partial charge in [-0.2, -0.15) is 10.4 Å². The van der Waals surface area contributed by atoms with E-state index in [-0.39, 0.29) is 18.7 Å². The minimum Gasteiger partial charge on any atom is -0.464 e. The highest BCUT2D eigenvalue weighted by Gasteiger charge is 2.47. The molecular weight excluding hydrogens is 500 g/mol. The van der Waals surface area contributed by atoms with Gasteiger partial charge in [0, 0.05) is 11.6 Å². The predicted molar refractivity (Wildman–Crippen MR) is 134 cm³/mol. The second-order valence-electron chi connectivity index (χ2n) is 8.33. The Morgan fingerprint density at radius 1 is 1.27 bits per heavy atom. The van der Waals surface area contributed by atoms with Gasteiger partial charge in [0.2, 0.25) is 0 Å². The fraction of sp³-hybridized carbons (Fsp3) is 0.308. The van der Waals surface area contributed by atoms with Gasteiger partial charge in [0.15, 0.2) is 0 Å². The third-order valence-corrected chi connectivity index (χ3v) is 6.99. The summed E-state index contributed by atoms with van der Waals surface area (Å²) in [6, 6.07) is 11.9. The molecule has 0 radical (unpaired) electrons. The molecule has 11 heteroatoms. The van der Waals surface area contributed by atoms with E-state index in [1.165, 1.54) is 23.4 Å². The van der Waals surface area contributed by atoms with E-state index in [1.54, 1.807) is 30.8 Å². The molecule has 0 fully saturated rings. The number of carbonyl (C=O) groups excluding carboxylic acids is 1. The summed E-state index contributed by atoms with van der Waals surface area (Å²) in [5, 5.41) is 15.3. The maximum atomic E-state index is 15.4. The number of esters is 1. The molecule has 4 rings (SSSR count). The van der Waals surface area contributed by atoms with Crippen molar-refractivity contribution in [2.75, 3.05) is 19.1 Å². The molecule has 2 heterocycles. The van der Waals surface area contributed by atoms with Gasteiger partial charge in [0.25, 0.3) is 0 Å². The summed E-state index contributed by atoms with van der Waals surface area (Å²) in [6.45, 7) is 3.22. The molecule has 0 saturated carbocycles. The first-order chi connectivity index (χ1) is 17.9. The zero-order valence-corrected chi connectivity index (χ0v) is 21.1. The monoisotopic (exact) mass is 525 g/mol. The summed E-state index contributed by atoms with van der Waals surface area (Å²) in [5.74, 6) is -1.64. The van der Waals surface area contributed by atoms with Crippen molar-refractivity contribution in [3.8, 4) is 6.07 Å². The minimum absolute atomic E-state index is 0.0159. The zero-order valence-electron chi connectivity index (χ0n) is 20.3. The number of thioether (sulfide) groups is 1. The zero-order chi connectivity index (χ0) is 26.4. The Labute approximate surface area is 217 Å². The van der Waals surface area contributed by atoms with Crippen LogP contribution in [0, 0.1) is 23.0 Å². The van der Waals surface area contributed by atoms with Crippen molar-refractivity contribution in [1.29, 1.82) is 5.26 Å². The summed E-state index contributed by atoms with van der Waals surface area (Å²) in [5.41, 5.74) is 0.788. The average molecular weight is 526 g/mol. The van der Waals surface area contributed by atoms with Gasteiger partial charge in [-0.3, -0.25) is 0 Å². The number of carbonyl (C=O) groups is 1. The number of halogens is 2. The average Bonchev–Trinajstić information content (AvgIpc) is 3.59. The van der Waals surface area contributed by atoms with Crippen LogP contribution in [0.15, 0.2) is 60.5 Å². The maximum Gasteiger partial charge on any atom is 0.332 e. The van der Waals surface area contributed by atoms with Crippen LogP contribution in [0.25, 0.3) is 5.70 Å². The van der Waals surface area contributed by atoms with Gasteiger partial charge in [0.05, 0.1) is 42.4 Å². The molecule has 0 saturated heterocycles. The summed E-state index contributed by atoms with van der Waals surface area (Å²) in [7, 11) is 0. The van der Waals surface area contributed by atoms with Crippen molar-refractivity contribution < 1.29 is 23.0 Å². The van der Waals surface area contributed by atoms with Gasteiger partial charge in [-0.15, -0.1) is 11.8 Å². The van der Waals surface area contributed by atoms with Crippen LogP contribution in [-0.2, 0) is 26.4 Å². The number of benzene rings is 2. The second-order valence-corrected chi connectivity index (χ2v) is 9.16. The highest BCUT2D eigenvalue weighted by atomic mass is 32.2. The lowest BCUT2D eigenvalue weighted by molar-refractivity contribution is -0.164. The summed E-state index contributed by atoms with van der Waals surface area (Å²) in [4.78, 5) is 18.4. The molecule has 0 amide bonds. The van der Waals surface area contributed by atoms with Crippen LogP contribution in [0.2, 0.25) is 0 Å². The number of aromatic nitrogens is 3. The molecule has 192 valence electrons. The van der Waals surface area contributed by atoms with Crippen LogP contribution >= 0.6 is 11.8 Å². The van der Waals surface area contributed by atoms with Crippen LogP contribution in [0.1, 0.15) is 30.5 Å². The molecule has 1 aliphatic heterocycles. The quantitative estimate of drug-likeness (QED) is 0.362. The summed E-state index contributed by atoms with van der Waals surface area (Å²) < 4.78 is 42.2. The number of nitrogens with zero attached hydrogens (tertiary/aromatic N) is 5. The molecule has 1 aliphatic rings. The molecule has 0 spiro atoms. The smallest absolute Gasteiger partial charge is 0.332 e. The highest BCUT2D eigenvalue weighted by molar-refractivity contribution is 8.02. The van der Waals surface area contributed by atoms with Gasteiger partial charge < -0.3 is 14.4 Å². The molecule has 37 heavy (non-hydrogen) atoms. The Balaban J connectivity index is 1.81. The van der Waals surface area contributed by atoms with Gasteiger partial charge >= 0.3 is 5.97 Å². The first-order valence-corrected chi connectivity index (χ1v) is 12.6. The Bertz CT molecular complexity index is 1310. The Kier molecular flexibility index (Phi) is 8.21. The van der Waals surface area contributed by atoms with E-state index in [2.05, 4.69) is 16.2 Å². The second kappa shape index (κ2) is 11.5. The number of rotatable bonds is 10. The lowest BCUT2D eigenvalue weighted by Crippen LogP contribution is -2.53. The Hall–Kier alpha value is -3.75. The Morgan fingerprint density at radius 2 is 2.05 bits per heavy atom. The molecule has 0 N–H and O–H groups in total. The van der Waals surface area contributed by atoms with Crippen LogP contribution in [0.5, 0.6) is 0 Å². The first kappa shape index (κ1) is 26.3. The van der Waals surface area contributed by atoms with E-state index in [1.807, 2.05) is 29.4 Å². The van der Waals surface area contributed by atoms with Crippen molar-refractivity contribution >= 4 is 23.4 Å². The van der Waals surface area contributed by atoms with Crippen LogP contribution in [0.3, 0.4) is 0 Å². The Morgan fingerprint density at radius 3 is 2.70 bits per heavy atom. The molecule has 3 aromatic rings. The molecule has 0 aliphatic carbocycles. The van der Waals surface area contributed by atoms with Crippen molar-refractivity contribution in [3.63, 3.8) is 0 Å². The third-order valence-electron chi connectivity index (χ3n) is 6.17. The molecule has 2 aromatic carbocycles. The van der Waals surface area contributed by atoms with Gasteiger partial charge in [-0.05, 0) is 43.0 Å². The minimum atomic E-state index is -1.51. The first-order valence-electron chi connectivity index (χ1n) is 11.5. The van der Waals surface area contributed by atoms with Gasteiger partial charge in [-0.25, -0.2) is 23.2 Å². The summed E-state index contributed by atoms with van der Waals surface area (Å²) in [6.07, 6.45) is 2.81. The van der Waals surface area contributed by atoms with E-state index in [0.717, 1.165) is 23.4 Å². The van der Waals surface area contributed by atoms with Gasteiger partial charge in [0.1, 0.15) is 36.5 Å². The number of ether oxygens (including phenoxy) is 2. The van der Waals surface area contributed by atoms with Crippen molar-refractivity contribution in [2.45, 2.75) is 32.0 Å². The number of nitriles is 1. The van der Waals surface area contributed by atoms with E-state index in [4.69, 9.17) is 14.7 Å². The molecule has 8 nitrogen and oxygen atoms in total. The van der Waals surface area contributed by atoms with Crippen LogP contribution < -0.4 is 0 Å². The fourth-order valence-electron chi connectivity index (χ4n) is 4.32. The number of hydrogen-bond acceptors (Lipinski definition) is 8. The lowest BCUT2D eigenvalue weighted by Gasteiger charge is -2.44. The van der Waals surface area contributed by atoms with Crippen molar-refractivity contribution in [2.24, 2.45) is 0 Å². The fourth-order valence-corrected chi connectivity index (χ4v) is 5.35. The van der Waals surface area contributed by atoms with E-state index in [0.29, 0.717) is 11.4 Å². The van der Waals surface area contributed by atoms with E-state index in [9.17, 15) is 9.18 Å². The van der Waals surface area contributed by atoms with Gasteiger partial charge in [-0.1, -0.05) is 18.2 Å². The lowest BCUT2D eigenvalue weighted by atomic mass is 9.84. The van der Waals surface area contributed by atoms with E-state index >= 15 is 4.39 Å². The highest BCUT2D eigenvalue weighted by Crippen LogP contribution is 2.42. The molecule has 0 bridgehead atoms. The molecule has 0 unspecified atom stereocenters. The topological polar surface area (TPSA) is 93.3 Å². The SMILES string of the molecule is CCOC(=O)CO[C@@](Cn1cncn1)(c1ccc(F)cc1F)[C@H](C)N1CSC=C1c1ccc(C#N)cc1. The van der Waals surface area contributed by atoms with Crippen molar-refractivity contribution in [3.05, 3.63) is 88.9 Å². The molecular formula is C26H25F2N5O3S. The largest absolute Gasteiger partial charge is 0.464 e. The van der Waals surface area contributed by atoms with Crippen molar-refractivity contribution in [1.82, 2.24) is 19.7 Å². The summed E-state index contributed by atoms with van der Waals surface area (Å²) >= 11 is 1.55. The van der Waals surface area contributed by atoms with E-state index < -0.39 is 35.9 Å².